The molecule has 1 aromatic rings. The van der Waals surface area contributed by atoms with E-state index in [1.165, 1.54) is 17.8 Å². The quantitative estimate of drug-likeness (QED) is 0.672. The van der Waals surface area contributed by atoms with E-state index in [-0.39, 0.29) is 0 Å². The molecule has 2 nitrogen and oxygen atoms in total. The van der Waals surface area contributed by atoms with Gasteiger partial charge in [-0.05, 0) is 31.9 Å². The van der Waals surface area contributed by atoms with Crippen molar-refractivity contribution in [3.05, 3.63) is 29.6 Å². The van der Waals surface area contributed by atoms with Crippen LogP contribution in [0.15, 0.2) is 18.3 Å². The molecule has 0 saturated heterocycles. The molecular weight excluding hydrogens is 172 g/mol. The number of hydrogen-bond acceptors (Lipinski definition) is 2. The van der Waals surface area contributed by atoms with Crippen LogP contribution in [-0.4, -0.2) is 29.0 Å². The van der Waals surface area contributed by atoms with E-state index in [0.717, 1.165) is 19.4 Å². The second-order valence-electron chi connectivity index (χ2n) is 4.24. The molecule has 14 heavy (non-hydrogen) atoms. The summed E-state index contributed by atoms with van der Waals surface area (Å²) in [6.45, 7) is 6.87. The lowest BCUT2D eigenvalue weighted by Crippen LogP contribution is -2.33. The van der Waals surface area contributed by atoms with E-state index < -0.39 is 0 Å². The Labute approximate surface area is 86.0 Å². The van der Waals surface area contributed by atoms with Crippen molar-refractivity contribution in [1.82, 2.24) is 9.88 Å². The van der Waals surface area contributed by atoms with Crippen molar-refractivity contribution in [2.45, 2.75) is 32.7 Å². The van der Waals surface area contributed by atoms with Gasteiger partial charge in [0.2, 0.25) is 0 Å². The number of aromatic nitrogens is 1. The number of fused-ring (bicyclic) bond motifs is 1. The molecule has 0 amide bonds. The second kappa shape index (κ2) is 4.09. The molecule has 2 rings (SSSR count). The molecule has 0 N–H and O–H groups in total. The smallest absolute Gasteiger partial charge is 0.0448 e. The predicted molar refractivity (Wildman–Crippen MR) is 58.4 cm³/mol. The van der Waals surface area contributed by atoms with E-state index in [1.807, 2.05) is 12.3 Å². The highest BCUT2D eigenvalue weighted by atomic mass is 15.1. The summed E-state index contributed by atoms with van der Waals surface area (Å²) in [7, 11) is 0. The fourth-order valence-corrected chi connectivity index (χ4v) is 2.07. The lowest BCUT2D eigenvalue weighted by molar-refractivity contribution is 0.232. The molecule has 0 bridgehead atoms. The van der Waals surface area contributed by atoms with E-state index in [9.17, 15) is 0 Å². The van der Waals surface area contributed by atoms with Gasteiger partial charge in [0.25, 0.3) is 0 Å². The molecule has 0 unspecified atom stereocenters. The van der Waals surface area contributed by atoms with Crippen LogP contribution in [0.5, 0.6) is 0 Å². The van der Waals surface area contributed by atoms with Crippen LogP contribution in [0.3, 0.4) is 0 Å². The van der Waals surface area contributed by atoms with Crippen molar-refractivity contribution in [3.8, 4) is 0 Å². The van der Waals surface area contributed by atoms with E-state index in [4.69, 9.17) is 0 Å². The van der Waals surface area contributed by atoms with Gasteiger partial charge in [0.15, 0.2) is 0 Å². The van der Waals surface area contributed by atoms with E-state index in [0.29, 0.717) is 6.04 Å². The Hall–Kier alpha value is -0.890. The third kappa shape index (κ3) is 1.95. The minimum atomic E-state index is 0.657. The van der Waals surface area contributed by atoms with Crippen LogP contribution in [0, 0.1) is 0 Å². The van der Waals surface area contributed by atoms with Crippen LogP contribution in [0.2, 0.25) is 0 Å². The SMILES string of the molecule is CC(C)N1CCc2cccnc2CC1. The Morgan fingerprint density at radius 1 is 1.29 bits per heavy atom. The molecule has 0 aliphatic carbocycles. The third-order valence-electron chi connectivity index (χ3n) is 3.02. The van der Waals surface area contributed by atoms with Crippen LogP contribution in [0.4, 0.5) is 0 Å². The first-order valence-electron chi connectivity index (χ1n) is 5.44. The van der Waals surface area contributed by atoms with E-state index in [1.54, 1.807) is 0 Å². The average Bonchev–Trinajstić information content (AvgIpc) is 2.39. The summed E-state index contributed by atoms with van der Waals surface area (Å²) in [4.78, 5) is 6.98. The zero-order valence-corrected chi connectivity index (χ0v) is 9.03. The fourth-order valence-electron chi connectivity index (χ4n) is 2.07. The van der Waals surface area contributed by atoms with Crippen molar-refractivity contribution in [2.24, 2.45) is 0 Å². The number of rotatable bonds is 1. The molecular formula is C12H18N2. The maximum absolute atomic E-state index is 4.45. The van der Waals surface area contributed by atoms with Crippen LogP contribution in [0.1, 0.15) is 25.1 Å². The third-order valence-corrected chi connectivity index (χ3v) is 3.02. The molecule has 0 radical (unpaired) electrons. The van der Waals surface area contributed by atoms with E-state index in [2.05, 4.69) is 29.8 Å². The summed E-state index contributed by atoms with van der Waals surface area (Å²) in [6, 6.07) is 4.92. The summed E-state index contributed by atoms with van der Waals surface area (Å²) in [6.07, 6.45) is 4.17. The minimum Gasteiger partial charge on any atom is -0.300 e. The first-order chi connectivity index (χ1) is 6.77. The van der Waals surface area contributed by atoms with Crippen LogP contribution in [0.25, 0.3) is 0 Å². The Morgan fingerprint density at radius 3 is 2.86 bits per heavy atom. The molecule has 1 aliphatic rings. The molecule has 0 aromatic carbocycles. The number of pyridine rings is 1. The first kappa shape index (κ1) is 9.66. The van der Waals surface area contributed by atoms with Crippen molar-refractivity contribution < 1.29 is 0 Å². The van der Waals surface area contributed by atoms with Gasteiger partial charge in [-0.25, -0.2) is 0 Å². The highest BCUT2D eigenvalue weighted by Crippen LogP contribution is 2.14. The van der Waals surface area contributed by atoms with Gasteiger partial charge in [-0.1, -0.05) is 6.07 Å². The topological polar surface area (TPSA) is 16.1 Å². The summed E-state index contributed by atoms with van der Waals surface area (Å²) >= 11 is 0. The lowest BCUT2D eigenvalue weighted by Gasteiger charge is -2.23. The van der Waals surface area contributed by atoms with Gasteiger partial charge in [-0.3, -0.25) is 4.98 Å². The lowest BCUT2D eigenvalue weighted by atomic mass is 10.1. The standard InChI is InChI=1S/C12H18N2/c1-10(2)14-8-5-11-4-3-7-13-12(11)6-9-14/h3-4,7,10H,5-6,8-9H2,1-2H3. The zero-order valence-electron chi connectivity index (χ0n) is 9.03. The van der Waals surface area contributed by atoms with Gasteiger partial charge in [-0.15, -0.1) is 0 Å². The monoisotopic (exact) mass is 190 g/mol. The highest BCUT2D eigenvalue weighted by Gasteiger charge is 2.15. The average molecular weight is 190 g/mol. The maximum atomic E-state index is 4.45. The maximum Gasteiger partial charge on any atom is 0.0448 e. The molecule has 1 aliphatic heterocycles. The molecule has 2 heterocycles. The summed E-state index contributed by atoms with van der Waals surface area (Å²) in [5.74, 6) is 0. The van der Waals surface area contributed by atoms with Gasteiger partial charge in [0.05, 0.1) is 0 Å². The molecule has 0 fully saturated rings. The van der Waals surface area contributed by atoms with Crippen molar-refractivity contribution >= 4 is 0 Å². The Kier molecular flexibility index (Phi) is 2.82. The minimum absolute atomic E-state index is 0.657. The Balaban J connectivity index is 2.14. The fraction of sp³-hybridized carbons (Fsp3) is 0.583. The molecule has 76 valence electrons. The number of hydrogen-bond donors (Lipinski definition) is 0. The van der Waals surface area contributed by atoms with Crippen molar-refractivity contribution in [3.63, 3.8) is 0 Å². The van der Waals surface area contributed by atoms with Crippen molar-refractivity contribution in [2.75, 3.05) is 13.1 Å². The van der Waals surface area contributed by atoms with Gasteiger partial charge >= 0.3 is 0 Å². The second-order valence-corrected chi connectivity index (χ2v) is 4.24. The first-order valence-corrected chi connectivity index (χ1v) is 5.44. The Bertz CT molecular complexity index is 280. The van der Waals surface area contributed by atoms with Gasteiger partial charge in [-0.2, -0.15) is 0 Å². The summed E-state index contributed by atoms with van der Waals surface area (Å²) < 4.78 is 0. The molecule has 0 spiro atoms. The highest BCUT2D eigenvalue weighted by molar-refractivity contribution is 5.21. The largest absolute Gasteiger partial charge is 0.300 e. The van der Waals surface area contributed by atoms with Gasteiger partial charge in [0, 0.05) is 37.4 Å². The molecule has 1 aromatic heterocycles. The van der Waals surface area contributed by atoms with Crippen LogP contribution < -0.4 is 0 Å². The van der Waals surface area contributed by atoms with Crippen LogP contribution >= 0.6 is 0 Å². The predicted octanol–water partition coefficient (Wildman–Crippen LogP) is 1.89. The summed E-state index contributed by atoms with van der Waals surface area (Å²) in [5.41, 5.74) is 2.74. The molecule has 0 atom stereocenters. The van der Waals surface area contributed by atoms with Gasteiger partial charge < -0.3 is 4.90 Å². The number of nitrogens with zero attached hydrogens (tertiary/aromatic N) is 2. The molecule has 2 heteroatoms. The van der Waals surface area contributed by atoms with Crippen LogP contribution in [-0.2, 0) is 12.8 Å². The normalized spacial score (nSPS) is 17.9. The van der Waals surface area contributed by atoms with E-state index >= 15 is 0 Å². The zero-order chi connectivity index (χ0) is 9.97. The summed E-state index contributed by atoms with van der Waals surface area (Å²) in [5, 5.41) is 0. The molecule has 0 saturated carbocycles. The van der Waals surface area contributed by atoms with Gasteiger partial charge in [0.1, 0.15) is 0 Å². The van der Waals surface area contributed by atoms with Crippen molar-refractivity contribution in [1.29, 1.82) is 0 Å². The Morgan fingerprint density at radius 2 is 2.07 bits per heavy atom.